The Bertz CT molecular complexity index is 157. The average Bonchev–Trinajstić information content (AvgIpc) is 1.14. The van der Waals surface area contributed by atoms with Gasteiger partial charge in [-0.3, -0.25) is 0 Å². The molecule has 0 bridgehead atoms. The summed E-state index contributed by atoms with van der Waals surface area (Å²) in [7, 11) is -11.4. The third kappa shape index (κ3) is 18.5. The second kappa shape index (κ2) is 6.11. The monoisotopic (exact) mass is 332 g/mol. The van der Waals surface area contributed by atoms with Crippen LogP contribution in [-0.4, -0.2) is 0 Å². The van der Waals surface area contributed by atoms with Crippen LogP contribution in [0.4, 0.5) is 0 Å². The minimum atomic E-state index is -5.68. The van der Waals surface area contributed by atoms with Crippen LogP contribution in [0.25, 0.3) is 0 Å². The van der Waals surface area contributed by atoms with Gasteiger partial charge in [0.15, 0.2) is 0 Å². The van der Waals surface area contributed by atoms with E-state index in [1.807, 2.05) is 0 Å². The van der Waals surface area contributed by atoms with Crippen LogP contribution in [0.5, 0.6) is 0 Å². The van der Waals surface area contributed by atoms with Gasteiger partial charge in [-0.2, -0.15) is 0 Å². The van der Waals surface area contributed by atoms with Crippen LogP contribution in [0.2, 0.25) is 0 Å². The molecule has 0 aliphatic rings. The van der Waals surface area contributed by atoms with E-state index in [1.54, 1.807) is 0 Å². The van der Waals surface area contributed by atoms with Crippen LogP contribution in [-0.2, 0) is 13.4 Å². The first-order chi connectivity index (χ1) is 3.71. The van der Waals surface area contributed by atoms with Crippen molar-refractivity contribution in [3.8, 4) is 0 Å². The zero-order valence-corrected chi connectivity index (χ0v) is 10.2. The quantitative estimate of drug-likeness (QED) is 0.526. The van der Waals surface area contributed by atoms with Gasteiger partial charge in [-0.05, 0) is 0 Å². The van der Waals surface area contributed by atoms with E-state index in [1.165, 1.54) is 0 Å². The summed E-state index contributed by atoms with van der Waals surface area (Å²) in [5.74, 6) is 0. The van der Waals surface area contributed by atoms with Gasteiger partial charge in [0.25, 0.3) is 0 Å². The largest absolute Gasteiger partial charge is 3.00 e. The Labute approximate surface area is 95.8 Å². The molecule has 11 heteroatoms. The smallest absolute Gasteiger partial charge is 0.790 e. The first-order valence-corrected chi connectivity index (χ1v) is 4.38. The maximum Gasteiger partial charge on any atom is 3.00 e. The topological polar surface area (TPSA) is 172 Å². The van der Waals surface area contributed by atoms with Gasteiger partial charge in [0.05, 0.1) is 15.6 Å². The van der Waals surface area contributed by atoms with E-state index in [0.29, 0.717) is 0 Å². The van der Waals surface area contributed by atoms with E-state index in [4.69, 9.17) is 0 Å². The van der Waals surface area contributed by atoms with Crippen LogP contribution in [0.15, 0.2) is 0 Å². The Balaban J connectivity index is -0.000000320. The first-order valence-electron chi connectivity index (χ1n) is 1.46. The summed E-state index contributed by atoms with van der Waals surface area (Å²) in [4.78, 5) is 37.3. The van der Waals surface area contributed by atoms with E-state index in [9.17, 15) is 28.7 Å². The van der Waals surface area contributed by atoms with Crippen LogP contribution in [0, 0.1) is 41.7 Å². The van der Waals surface area contributed by atoms with Gasteiger partial charge in [0.2, 0.25) is 0 Å². The second-order valence-electron chi connectivity index (χ2n) is 0.976. The van der Waals surface area contributed by atoms with Crippen LogP contribution in [0.3, 0.4) is 0 Å². The van der Waals surface area contributed by atoms with Crippen molar-refractivity contribution in [3.63, 3.8) is 0 Å². The Hall–Kier alpha value is 1.60. The summed E-state index contributed by atoms with van der Waals surface area (Å²) >= 11 is 0. The Morgan fingerprint density at radius 3 is 1.09 bits per heavy atom. The first kappa shape index (κ1) is 18.4. The van der Waals surface area contributed by atoms with Crippen LogP contribution >= 0.6 is 15.6 Å². The molecule has 0 rings (SSSR count). The molecule has 65 valence electrons. The van der Waals surface area contributed by atoms with Crippen molar-refractivity contribution in [1.82, 2.24) is 6.15 Å². The molecule has 11 heavy (non-hydrogen) atoms. The number of hydrogen-bond acceptors (Lipinski definition) is 7. The maximum atomic E-state index is 9.32. The van der Waals surface area contributed by atoms with Crippen molar-refractivity contribution in [2.45, 2.75) is 0 Å². The van der Waals surface area contributed by atoms with Crippen molar-refractivity contribution in [2.75, 3.05) is 0 Å². The minimum absolute atomic E-state index is 0. The fraction of sp³-hybridized carbons (Fsp3) is 0. The maximum absolute atomic E-state index is 9.32. The molecule has 0 saturated carbocycles. The predicted octanol–water partition coefficient (Wildman–Crippen LogP) is -2.96. The normalized spacial score (nSPS) is 11.3. The van der Waals surface area contributed by atoms with Gasteiger partial charge in [-0.1, -0.05) is 0 Å². The molecule has 0 amide bonds. The molecular formula is H4CeNO7P2. The van der Waals surface area contributed by atoms with E-state index in [0.717, 1.165) is 0 Å². The molecule has 0 aromatic carbocycles. The number of quaternary nitrogens is 1. The fourth-order valence-electron chi connectivity index (χ4n) is 0.122. The summed E-state index contributed by atoms with van der Waals surface area (Å²) in [6.07, 6.45) is 0. The van der Waals surface area contributed by atoms with Crippen molar-refractivity contribution >= 4 is 15.6 Å². The molecule has 0 aliphatic heterocycles. The van der Waals surface area contributed by atoms with Gasteiger partial charge in [-0.15, -0.1) is 0 Å². The zero-order chi connectivity index (χ0) is 7.71. The summed E-state index contributed by atoms with van der Waals surface area (Å²) in [5, 5.41) is 0. The third-order valence-electron chi connectivity index (χ3n) is 0.200. The van der Waals surface area contributed by atoms with Crippen molar-refractivity contribution in [3.05, 3.63) is 0 Å². The summed E-state index contributed by atoms with van der Waals surface area (Å²) in [6, 6.07) is 0. The number of rotatable bonds is 2. The standard InChI is InChI=1S/Ce.H3N.H4O7P2/c;;1-8(2,3)7-9(4,5)6/h;1H3;(H2,1,2,3)(H2,4,5,6)/q+3;;/p-3. The summed E-state index contributed by atoms with van der Waals surface area (Å²) in [6.45, 7) is 0. The molecule has 0 aromatic rings. The zero-order valence-electron chi connectivity index (χ0n) is 5.25. The summed E-state index contributed by atoms with van der Waals surface area (Å²) in [5.41, 5.74) is 0. The molecule has 0 aliphatic carbocycles. The number of hydrogen-bond donors (Lipinski definition) is 1. The van der Waals surface area contributed by atoms with Gasteiger partial charge >= 0.3 is 41.7 Å². The average molecular weight is 332 g/mol. The van der Waals surface area contributed by atoms with Crippen molar-refractivity contribution < 1.29 is 74.8 Å². The molecule has 0 heterocycles. The molecule has 0 atom stereocenters. The van der Waals surface area contributed by atoms with Crippen molar-refractivity contribution in [1.29, 1.82) is 0 Å². The Morgan fingerprint density at radius 2 is 1.09 bits per heavy atom. The predicted molar refractivity (Wildman–Crippen MR) is 22.3 cm³/mol. The van der Waals surface area contributed by atoms with E-state index >= 15 is 0 Å². The molecule has 0 spiro atoms. The van der Waals surface area contributed by atoms with E-state index in [2.05, 4.69) is 4.31 Å². The molecule has 8 nitrogen and oxygen atoms in total. The molecule has 1 radical (unpaired) electrons. The fourth-order valence-corrected chi connectivity index (χ4v) is 1.10. The number of phosphoric acid groups is 2. The third-order valence-corrected chi connectivity index (χ3v) is 1.80. The Kier molecular flexibility index (Phi) is 10.2. The van der Waals surface area contributed by atoms with Gasteiger partial charge in [0, 0.05) is 0 Å². The van der Waals surface area contributed by atoms with E-state index in [-0.39, 0.29) is 47.9 Å². The van der Waals surface area contributed by atoms with Gasteiger partial charge in [-0.25, -0.2) is 0 Å². The van der Waals surface area contributed by atoms with E-state index < -0.39 is 15.6 Å². The molecule has 0 fully saturated rings. The molecular weight excluding hydrogens is 328 g/mol. The van der Waals surface area contributed by atoms with Crippen molar-refractivity contribution in [2.24, 2.45) is 0 Å². The van der Waals surface area contributed by atoms with Gasteiger partial charge < -0.3 is 39.2 Å². The second-order valence-corrected chi connectivity index (χ2v) is 3.42. The molecule has 0 aromatic heterocycles. The van der Waals surface area contributed by atoms with Crippen LogP contribution in [0.1, 0.15) is 0 Å². The molecule has 0 saturated heterocycles. The molecule has 4 N–H and O–H groups in total. The summed E-state index contributed by atoms with van der Waals surface area (Å²) < 4.78 is 21.2. The van der Waals surface area contributed by atoms with Gasteiger partial charge in [0.1, 0.15) is 0 Å². The minimum Gasteiger partial charge on any atom is -0.790 e. The SMILES string of the molecule is O=P([O-])([O-])OP(=O)([O-])[O-].[Ce+3].[NH4+]. The Morgan fingerprint density at radius 1 is 0.909 bits per heavy atom. The van der Waals surface area contributed by atoms with Crippen LogP contribution < -0.4 is 25.7 Å². The molecule has 0 unspecified atom stereocenters.